The Hall–Kier alpha value is -1.82. The summed E-state index contributed by atoms with van der Waals surface area (Å²) in [6, 6.07) is 7.05. The van der Waals surface area contributed by atoms with E-state index >= 15 is 0 Å². The number of nitrogens with zero attached hydrogens (tertiary/aromatic N) is 2. The van der Waals surface area contributed by atoms with E-state index in [9.17, 15) is 4.79 Å². The number of halogens is 1. The minimum absolute atomic E-state index is 0.127. The van der Waals surface area contributed by atoms with Gasteiger partial charge < -0.3 is 9.84 Å². The van der Waals surface area contributed by atoms with Crippen LogP contribution in [0, 0.1) is 0 Å². The van der Waals surface area contributed by atoms with E-state index in [4.69, 9.17) is 9.84 Å². The lowest BCUT2D eigenvalue weighted by Gasteiger charge is -2.10. The summed E-state index contributed by atoms with van der Waals surface area (Å²) >= 11 is 3.30. The molecule has 0 aliphatic carbocycles. The highest BCUT2D eigenvalue weighted by atomic mass is 79.9. The molecule has 0 radical (unpaired) electrons. The highest BCUT2D eigenvalue weighted by Gasteiger charge is 2.14. The van der Waals surface area contributed by atoms with Crippen LogP contribution < -0.4 is 4.74 Å². The molecule has 2 rings (SSSR count). The van der Waals surface area contributed by atoms with Gasteiger partial charge in [-0.2, -0.15) is 5.10 Å². The van der Waals surface area contributed by atoms with Crippen LogP contribution in [0.5, 0.6) is 5.75 Å². The van der Waals surface area contributed by atoms with Gasteiger partial charge >= 0.3 is 5.97 Å². The predicted octanol–water partition coefficient (Wildman–Crippen LogP) is 3.50. The van der Waals surface area contributed by atoms with Crippen LogP contribution in [0.2, 0.25) is 0 Å². The Morgan fingerprint density at radius 1 is 1.45 bits per heavy atom. The van der Waals surface area contributed by atoms with Crippen LogP contribution in [0.1, 0.15) is 35.9 Å². The van der Waals surface area contributed by atoms with E-state index < -0.39 is 5.97 Å². The quantitative estimate of drug-likeness (QED) is 0.905. The number of aromatic carboxylic acids is 1. The molecule has 2 aromatic rings. The first kappa shape index (κ1) is 14.6. The highest BCUT2D eigenvalue weighted by molar-refractivity contribution is 9.10. The smallest absolute Gasteiger partial charge is 0.339 e. The Kier molecular flexibility index (Phi) is 4.44. The molecule has 0 aliphatic rings. The molecule has 0 aliphatic heterocycles. The zero-order valence-corrected chi connectivity index (χ0v) is 12.8. The van der Waals surface area contributed by atoms with E-state index in [1.54, 1.807) is 12.1 Å². The van der Waals surface area contributed by atoms with Crippen molar-refractivity contribution in [2.75, 3.05) is 0 Å². The Morgan fingerprint density at radius 3 is 2.80 bits per heavy atom. The van der Waals surface area contributed by atoms with E-state index in [0.29, 0.717) is 10.2 Å². The number of hydrogen-bond acceptors (Lipinski definition) is 3. The van der Waals surface area contributed by atoms with Crippen molar-refractivity contribution in [2.24, 2.45) is 0 Å². The lowest BCUT2D eigenvalue weighted by molar-refractivity contribution is 0.0691. The predicted molar refractivity (Wildman–Crippen MR) is 78.0 cm³/mol. The van der Waals surface area contributed by atoms with E-state index in [1.807, 2.05) is 30.8 Å². The van der Waals surface area contributed by atoms with Gasteiger partial charge in [-0.1, -0.05) is 6.07 Å². The van der Waals surface area contributed by atoms with Crippen molar-refractivity contribution in [2.45, 2.75) is 26.5 Å². The highest BCUT2D eigenvalue weighted by Crippen LogP contribution is 2.29. The topological polar surface area (TPSA) is 64.3 Å². The van der Waals surface area contributed by atoms with Gasteiger partial charge in [0.2, 0.25) is 0 Å². The van der Waals surface area contributed by atoms with Gasteiger partial charge in [-0.05, 0) is 48.0 Å². The van der Waals surface area contributed by atoms with Crippen LogP contribution in [0.4, 0.5) is 0 Å². The number of carbonyl (C=O) groups is 1. The number of ether oxygens (including phenoxy) is 1. The van der Waals surface area contributed by atoms with Crippen LogP contribution >= 0.6 is 15.9 Å². The molecular formula is C14H15BrN2O3. The maximum atomic E-state index is 11.2. The van der Waals surface area contributed by atoms with Gasteiger partial charge in [0.05, 0.1) is 10.2 Å². The fourth-order valence-electron chi connectivity index (χ4n) is 1.71. The van der Waals surface area contributed by atoms with E-state index in [1.165, 1.54) is 6.07 Å². The molecule has 106 valence electrons. The van der Waals surface area contributed by atoms with Gasteiger partial charge in [0.15, 0.2) is 0 Å². The van der Waals surface area contributed by atoms with Crippen LogP contribution in [-0.2, 0) is 6.61 Å². The monoisotopic (exact) mass is 338 g/mol. The molecule has 6 heteroatoms. The molecule has 1 heterocycles. The molecular weight excluding hydrogens is 324 g/mol. The molecule has 0 unspecified atom stereocenters. The SMILES string of the molecule is CC(C)n1ccc(COc2c(Br)cccc2C(=O)O)n1. The van der Waals surface area contributed by atoms with Crippen molar-refractivity contribution in [3.63, 3.8) is 0 Å². The second kappa shape index (κ2) is 6.09. The second-order valence-electron chi connectivity index (χ2n) is 4.59. The van der Waals surface area contributed by atoms with Gasteiger partial charge in [-0.25, -0.2) is 4.79 Å². The molecule has 1 N–H and O–H groups in total. The maximum Gasteiger partial charge on any atom is 0.339 e. The molecule has 1 aromatic carbocycles. The average molecular weight is 339 g/mol. The third-order valence-corrected chi connectivity index (χ3v) is 3.38. The molecule has 0 amide bonds. The third-order valence-electron chi connectivity index (χ3n) is 2.75. The van der Waals surface area contributed by atoms with Crippen LogP contribution in [0.15, 0.2) is 34.9 Å². The number of aromatic nitrogens is 2. The van der Waals surface area contributed by atoms with Gasteiger partial charge in [-0.3, -0.25) is 4.68 Å². The third kappa shape index (κ3) is 3.19. The van der Waals surface area contributed by atoms with Crippen molar-refractivity contribution in [3.05, 3.63) is 46.2 Å². The molecule has 5 nitrogen and oxygen atoms in total. The molecule has 0 spiro atoms. The lowest BCUT2D eigenvalue weighted by atomic mass is 10.2. The van der Waals surface area contributed by atoms with E-state index in [-0.39, 0.29) is 18.2 Å². The van der Waals surface area contributed by atoms with Crippen molar-refractivity contribution in [1.29, 1.82) is 0 Å². The summed E-state index contributed by atoms with van der Waals surface area (Å²) in [6.07, 6.45) is 1.88. The first-order valence-electron chi connectivity index (χ1n) is 6.17. The number of rotatable bonds is 5. The van der Waals surface area contributed by atoms with Gasteiger partial charge in [0, 0.05) is 12.2 Å². The fourth-order valence-corrected chi connectivity index (χ4v) is 2.19. The Labute approximate surface area is 125 Å². The summed E-state index contributed by atoms with van der Waals surface area (Å²) < 4.78 is 8.05. The first-order valence-corrected chi connectivity index (χ1v) is 6.97. The average Bonchev–Trinajstić information content (AvgIpc) is 2.86. The van der Waals surface area contributed by atoms with Gasteiger partial charge in [0.25, 0.3) is 0 Å². The molecule has 0 fully saturated rings. The minimum Gasteiger partial charge on any atom is -0.485 e. The number of hydrogen-bond donors (Lipinski definition) is 1. The van der Waals surface area contributed by atoms with Crippen molar-refractivity contribution >= 4 is 21.9 Å². The molecule has 0 atom stereocenters. The van der Waals surface area contributed by atoms with E-state index in [2.05, 4.69) is 21.0 Å². The lowest BCUT2D eigenvalue weighted by Crippen LogP contribution is -2.06. The summed E-state index contributed by atoms with van der Waals surface area (Å²) in [5.41, 5.74) is 0.883. The van der Waals surface area contributed by atoms with Crippen molar-refractivity contribution < 1.29 is 14.6 Å². The van der Waals surface area contributed by atoms with Crippen LogP contribution in [0.3, 0.4) is 0 Å². The van der Waals surface area contributed by atoms with Gasteiger partial charge in [-0.15, -0.1) is 0 Å². The maximum absolute atomic E-state index is 11.2. The fraction of sp³-hybridized carbons (Fsp3) is 0.286. The zero-order valence-electron chi connectivity index (χ0n) is 11.2. The normalized spacial score (nSPS) is 10.8. The molecule has 1 aromatic heterocycles. The zero-order chi connectivity index (χ0) is 14.7. The molecule has 0 saturated carbocycles. The minimum atomic E-state index is -1.02. The van der Waals surface area contributed by atoms with Crippen LogP contribution in [-0.4, -0.2) is 20.9 Å². The summed E-state index contributed by atoms with van der Waals surface area (Å²) in [6.45, 7) is 4.30. The number of carboxylic acid groups (broad SMARTS) is 1. The number of benzene rings is 1. The Balaban J connectivity index is 2.16. The first-order chi connectivity index (χ1) is 9.49. The Bertz CT molecular complexity index is 623. The largest absolute Gasteiger partial charge is 0.485 e. The van der Waals surface area contributed by atoms with Crippen LogP contribution in [0.25, 0.3) is 0 Å². The summed E-state index contributed by atoms with van der Waals surface area (Å²) in [5, 5.41) is 13.5. The summed E-state index contributed by atoms with van der Waals surface area (Å²) in [5.74, 6) is -0.701. The van der Waals surface area contributed by atoms with Crippen molar-refractivity contribution in [1.82, 2.24) is 9.78 Å². The standard InChI is InChI=1S/C14H15BrN2O3/c1-9(2)17-7-6-10(16-17)8-20-13-11(14(18)19)4-3-5-12(13)15/h3-7,9H,8H2,1-2H3,(H,18,19). The summed E-state index contributed by atoms with van der Waals surface area (Å²) in [7, 11) is 0. The molecule has 0 saturated heterocycles. The molecule has 0 bridgehead atoms. The molecule has 20 heavy (non-hydrogen) atoms. The Morgan fingerprint density at radius 2 is 2.20 bits per heavy atom. The van der Waals surface area contributed by atoms with Crippen molar-refractivity contribution in [3.8, 4) is 5.75 Å². The number of para-hydroxylation sites is 1. The van der Waals surface area contributed by atoms with Gasteiger partial charge in [0.1, 0.15) is 17.9 Å². The second-order valence-corrected chi connectivity index (χ2v) is 5.45. The number of carboxylic acids is 1. The van der Waals surface area contributed by atoms with E-state index in [0.717, 1.165) is 5.69 Å². The summed E-state index contributed by atoms with van der Waals surface area (Å²) in [4.78, 5) is 11.2.